The molecule has 4 rings (SSSR count). The van der Waals surface area contributed by atoms with Crippen LogP contribution in [0.5, 0.6) is 11.5 Å². The molecule has 0 aliphatic carbocycles. The van der Waals surface area contributed by atoms with Gasteiger partial charge in [0.25, 0.3) is 21.9 Å². The molecule has 0 fully saturated rings. The fourth-order valence-corrected chi connectivity index (χ4v) is 5.27. The molecule has 0 unspecified atom stereocenters. The molecule has 0 spiro atoms. The minimum Gasteiger partial charge on any atom is -0.457 e. The molecule has 1 aliphatic heterocycles. The van der Waals surface area contributed by atoms with Crippen molar-refractivity contribution in [3.8, 4) is 11.5 Å². The number of ether oxygens (including phenoxy) is 1. The zero-order valence-corrected chi connectivity index (χ0v) is 21.5. The number of hydrogen-bond donors (Lipinski definition) is 0. The summed E-state index contributed by atoms with van der Waals surface area (Å²) in [4.78, 5) is 25.7. The van der Waals surface area contributed by atoms with E-state index >= 15 is 0 Å². The van der Waals surface area contributed by atoms with Crippen molar-refractivity contribution >= 4 is 32.7 Å². The van der Waals surface area contributed by atoms with Crippen LogP contribution in [0.25, 0.3) is 10.8 Å². The number of hydroxylamine groups is 2. The van der Waals surface area contributed by atoms with Crippen LogP contribution in [0.4, 0.5) is 0 Å². The second-order valence-electron chi connectivity index (χ2n) is 10.8. The highest BCUT2D eigenvalue weighted by atomic mass is 32.2. The monoisotopic (exact) mass is 495 g/mol. The SMILES string of the molecule is CC(C)(C)CC(C)(C)c1ccc(Oc2ccc3c4c(cccc24)C(=O)N(OS(C)(=O)=O)C3=O)cc1. The maximum absolute atomic E-state index is 12.9. The number of nitrogens with zero attached hydrogens (tertiary/aromatic N) is 1. The van der Waals surface area contributed by atoms with E-state index in [1.54, 1.807) is 18.2 Å². The highest BCUT2D eigenvalue weighted by Gasteiger charge is 2.37. The van der Waals surface area contributed by atoms with Crippen LogP contribution in [-0.4, -0.2) is 31.6 Å². The van der Waals surface area contributed by atoms with E-state index < -0.39 is 21.9 Å². The normalized spacial score (nSPS) is 14.5. The number of benzene rings is 3. The van der Waals surface area contributed by atoms with E-state index in [1.807, 2.05) is 12.1 Å². The van der Waals surface area contributed by atoms with Gasteiger partial charge in [0.2, 0.25) is 0 Å². The molecule has 0 saturated carbocycles. The fourth-order valence-electron chi connectivity index (χ4n) is 4.87. The maximum Gasteiger partial charge on any atom is 0.286 e. The Morgan fingerprint density at radius 1 is 0.829 bits per heavy atom. The third kappa shape index (κ3) is 5.09. The van der Waals surface area contributed by atoms with Gasteiger partial charge in [-0.2, -0.15) is 8.42 Å². The standard InChI is InChI=1S/C27H29NO6S/c1-26(2,3)16-27(4,5)17-10-12-18(13-11-17)33-22-15-14-21-23-19(22)8-7-9-20(23)24(29)28(25(21)30)34-35(6,31)32/h7-15H,16H2,1-6H3. The van der Waals surface area contributed by atoms with Crippen LogP contribution in [0.15, 0.2) is 54.6 Å². The van der Waals surface area contributed by atoms with Gasteiger partial charge in [0.1, 0.15) is 11.5 Å². The summed E-state index contributed by atoms with van der Waals surface area (Å²) in [7, 11) is -4.07. The molecule has 0 bridgehead atoms. The van der Waals surface area contributed by atoms with Crippen LogP contribution >= 0.6 is 0 Å². The molecule has 0 aromatic heterocycles. The zero-order valence-electron chi connectivity index (χ0n) is 20.7. The number of rotatable bonds is 6. The number of carbonyl (C=O) groups excluding carboxylic acids is 2. The highest BCUT2D eigenvalue weighted by Crippen LogP contribution is 2.39. The van der Waals surface area contributed by atoms with Crippen LogP contribution in [0, 0.1) is 5.41 Å². The van der Waals surface area contributed by atoms with Gasteiger partial charge in [0.05, 0.1) is 17.4 Å². The van der Waals surface area contributed by atoms with Gasteiger partial charge >= 0.3 is 0 Å². The first-order valence-corrected chi connectivity index (χ1v) is 13.1. The molecular weight excluding hydrogens is 466 g/mol. The first-order valence-electron chi connectivity index (χ1n) is 11.3. The number of imide groups is 1. The van der Waals surface area contributed by atoms with E-state index in [1.165, 1.54) is 17.7 Å². The molecular formula is C27H29NO6S. The second kappa shape index (κ2) is 8.46. The lowest BCUT2D eigenvalue weighted by molar-refractivity contribution is -0.0149. The van der Waals surface area contributed by atoms with Crippen LogP contribution < -0.4 is 4.74 Å². The highest BCUT2D eigenvalue weighted by molar-refractivity contribution is 7.85. The smallest absolute Gasteiger partial charge is 0.286 e. The lowest BCUT2D eigenvalue weighted by Gasteiger charge is -2.33. The third-order valence-electron chi connectivity index (χ3n) is 5.88. The van der Waals surface area contributed by atoms with Crippen molar-refractivity contribution in [2.45, 2.75) is 46.5 Å². The van der Waals surface area contributed by atoms with E-state index in [9.17, 15) is 18.0 Å². The van der Waals surface area contributed by atoms with Gasteiger partial charge in [-0.3, -0.25) is 9.59 Å². The largest absolute Gasteiger partial charge is 0.457 e. The van der Waals surface area contributed by atoms with Gasteiger partial charge < -0.3 is 4.74 Å². The van der Waals surface area contributed by atoms with Crippen LogP contribution in [0.2, 0.25) is 0 Å². The van der Waals surface area contributed by atoms with Crippen molar-refractivity contribution in [2.75, 3.05) is 6.26 Å². The Morgan fingerprint density at radius 3 is 2.00 bits per heavy atom. The Labute approximate surface area is 205 Å². The summed E-state index contributed by atoms with van der Waals surface area (Å²) in [5, 5.41) is 1.25. The first-order chi connectivity index (χ1) is 16.2. The molecule has 1 aliphatic rings. The van der Waals surface area contributed by atoms with Crippen molar-refractivity contribution in [3.05, 3.63) is 71.3 Å². The van der Waals surface area contributed by atoms with Crippen molar-refractivity contribution < 1.29 is 27.0 Å². The molecule has 184 valence electrons. The van der Waals surface area contributed by atoms with Crippen molar-refractivity contribution in [1.82, 2.24) is 5.06 Å². The molecule has 1 heterocycles. The number of amides is 2. The Bertz CT molecular complexity index is 1410. The molecule has 0 saturated heterocycles. The molecule has 2 amide bonds. The summed E-state index contributed by atoms with van der Waals surface area (Å²) in [6.45, 7) is 11.1. The average molecular weight is 496 g/mol. The summed E-state index contributed by atoms with van der Waals surface area (Å²) in [5.41, 5.74) is 1.71. The van der Waals surface area contributed by atoms with E-state index in [-0.39, 0.29) is 27.0 Å². The number of hydrogen-bond acceptors (Lipinski definition) is 6. The Morgan fingerprint density at radius 2 is 1.43 bits per heavy atom. The lowest BCUT2D eigenvalue weighted by Crippen LogP contribution is -2.41. The van der Waals surface area contributed by atoms with Gasteiger partial charge in [-0.05, 0) is 53.1 Å². The van der Waals surface area contributed by atoms with E-state index in [0.29, 0.717) is 22.3 Å². The minimum atomic E-state index is -4.07. The lowest BCUT2D eigenvalue weighted by atomic mass is 9.72. The molecule has 3 aromatic rings. The van der Waals surface area contributed by atoms with Crippen LogP contribution in [-0.2, 0) is 19.8 Å². The third-order valence-corrected chi connectivity index (χ3v) is 6.30. The van der Waals surface area contributed by atoms with E-state index in [2.05, 4.69) is 51.0 Å². The second-order valence-corrected chi connectivity index (χ2v) is 12.3. The molecule has 3 aromatic carbocycles. The van der Waals surface area contributed by atoms with Crippen LogP contribution in [0.1, 0.15) is 67.3 Å². The summed E-state index contributed by atoms with van der Waals surface area (Å²) in [6.07, 6.45) is 1.80. The topological polar surface area (TPSA) is 90.0 Å². The molecule has 0 N–H and O–H groups in total. The van der Waals surface area contributed by atoms with Crippen molar-refractivity contribution in [3.63, 3.8) is 0 Å². The van der Waals surface area contributed by atoms with Gasteiger partial charge in [-0.15, -0.1) is 9.35 Å². The fraction of sp³-hybridized carbons (Fsp3) is 0.333. The Kier molecular flexibility index (Phi) is 6.02. The quantitative estimate of drug-likeness (QED) is 0.400. The van der Waals surface area contributed by atoms with E-state index in [4.69, 9.17) is 4.74 Å². The zero-order chi connectivity index (χ0) is 25.8. The molecule has 7 nitrogen and oxygen atoms in total. The van der Waals surface area contributed by atoms with Crippen molar-refractivity contribution in [1.29, 1.82) is 0 Å². The first kappa shape index (κ1) is 24.9. The molecule has 8 heteroatoms. The summed E-state index contributed by atoms with van der Waals surface area (Å²) >= 11 is 0. The molecule has 0 radical (unpaired) electrons. The average Bonchev–Trinajstić information content (AvgIpc) is 2.74. The predicted octanol–water partition coefficient (Wildman–Crippen LogP) is 5.83. The van der Waals surface area contributed by atoms with Gasteiger partial charge in [0.15, 0.2) is 0 Å². The van der Waals surface area contributed by atoms with Crippen molar-refractivity contribution in [2.24, 2.45) is 5.41 Å². The Hall–Kier alpha value is -3.23. The maximum atomic E-state index is 12.9. The van der Waals surface area contributed by atoms with Gasteiger partial charge in [-0.1, -0.05) is 58.9 Å². The van der Waals surface area contributed by atoms with Crippen LogP contribution in [0.3, 0.4) is 0 Å². The Balaban J connectivity index is 1.68. The van der Waals surface area contributed by atoms with Gasteiger partial charge in [0, 0.05) is 10.8 Å². The molecule has 0 atom stereocenters. The minimum absolute atomic E-state index is 0.00232. The predicted molar refractivity (Wildman–Crippen MR) is 134 cm³/mol. The summed E-state index contributed by atoms with van der Waals surface area (Å²) in [5.74, 6) is -0.593. The van der Waals surface area contributed by atoms with Gasteiger partial charge in [-0.25, -0.2) is 0 Å². The van der Waals surface area contributed by atoms with E-state index in [0.717, 1.165) is 12.7 Å². The number of carbonyl (C=O) groups is 2. The summed E-state index contributed by atoms with van der Waals surface area (Å²) < 4.78 is 34.0. The molecule has 35 heavy (non-hydrogen) atoms. The summed E-state index contributed by atoms with van der Waals surface area (Å²) in [6, 6.07) is 16.0.